The molecule has 2 aliphatic carbocycles. The minimum absolute atomic E-state index is 0.0480. The quantitative estimate of drug-likeness (QED) is 0.101. The molecule has 2 atom stereocenters. The number of carbonyl (C=O) groups is 1. The van der Waals surface area contributed by atoms with Crippen molar-refractivity contribution in [3.8, 4) is 23.0 Å². The maximum Gasteiger partial charge on any atom is 0.316 e. The second-order valence-corrected chi connectivity index (χ2v) is 20.3. The number of H-pyrrole nitrogens is 1. The van der Waals surface area contributed by atoms with Gasteiger partial charge in [-0.15, -0.1) is 0 Å². The Balaban J connectivity index is 0.800. The molecule has 66 heavy (non-hydrogen) atoms. The lowest BCUT2D eigenvalue weighted by molar-refractivity contribution is -0.386. The normalized spacial score (nSPS) is 22.5. The summed E-state index contributed by atoms with van der Waals surface area (Å²) in [7, 11) is -4.67. The number of hydrogen-bond donors (Lipinski definition) is 2. The highest BCUT2D eigenvalue weighted by Crippen LogP contribution is 2.54. The Labute approximate surface area is 382 Å². The highest BCUT2D eigenvalue weighted by atomic mass is 32.2. The number of nitro groups is 1. The molecule has 6 heterocycles. The number of pyridine rings is 1. The number of nitro benzene ring substituents is 1. The molecule has 5 fully saturated rings. The number of nitrogens with zero attached hydrogens (tertiary/aromatic N) is 5. The third-order valence-electron chi connectivity index (χ3n) is 14.4. The van der Waals surface area contributed by atoms with Crippen molar-refractivity contribution in [2.45, 2.75) is 67.5 Å². The number of ether oxygens (including phenoxy) is 5. The summed E-state index contributed by atoms with van der Waals surface area (Å²) >= 11 is 0. The van der Waals surface area contributed by atoms with Gasteiger partial charge in [-0.1, -0.05) is 24.3 Å². The molecule has 1 spiro atoms. The molecule has 0 radical (unpaired) electrons. The van der Waals surface area contributed by atoms with Crippen molar-refractivity contribution in [1.29, 1.82) is 0 Å². The molecule has 2 aromatic heterocycles. The van der Waals surface area contributed by atoms with Gasteiger partial charge in [-0.2, -0.15) is 0 Å². The first-order valence-electron chi connectivity index (χ1n) is 23.0. The highest BCUT2D eigenvalue weighted by molar-refractivity contribution is 7.90. The van der Waals surface area contributed by atoms with Crippen LogP contribution in [0.25, 0.3) is 11.0 Å². The van der Waals surface area contributed by atoms with Crippen LogP contribution in [-0.4, -0.2) is 123 Å². The molecule has 5 aromatic rings. The first-order chi connectivity index (χ1) is 32.1. The van der Waals surface area contributed by atoms with Gasteiger partial charge >= 0.3 is 5.69 Å². The number of aromatic amines is 1. The zero-order valence-corrected chi connectivity index (χ0v) is 37.4. The summed E-state index contributed by atoms with van der Waals surface area (Å²) in [5.74, 6) is -0.0752. The summed E-state index contributed by atoms with van der Waals surface area (Å²) in [5, 5.41) is 13.1. The number of aromatic nitrogens is 2. The molecule has 18 heteroatoms. The maximum atomic E-state index is 14.1. The first-order valence-corrected chi connectivity index (χ1v) is 24.5. The number of fused-ring (bicyclic) bond motifs is 2. The summed E-state index contributed by atoms with van der Waals surface area (Å²) in [4.78, 5) is 39.8. The van der Waals surface area contributed by atoms with Crippen LogP contribution in [0.3, 0.4) is 0 Å². The molecule has 1 amide bonds. The van der Waals surface area contributed by atoms with Crippen LogP contribution < -0.4 is 23.8 Å². The number of sulfonamides is 1. The lowest BCUT2D eigenvalue weighted by Crippen LogP contribution is -2.58. The Morgan fingerprint density at radius 2 is 1.73 bits per heavy atom. The van der Waals surface area contributed by atoms with Crippen LogP contribution >= 0.6 is 0 Å². The Morgan fingerprint density at radius 1 is 0.939 bits per heavy atom. The van der Waals surface area contributed by atoms with Gasteiger partial charge in [-0.3, -0.25) is 24.7 Å². The number of morpholine rings is 2. The number of piperidine rings is 1. The SMILES string of the molecule is O=C(NS(=O)(=O)c1cc2c(c([N+](=O)[O-])c1)O[C@@H](CN1CCOCC1)CO2)c1ccc(N2CCC3(CC2)CC(N2CCOC[C@@H]2c2ccccc2C2CC2)C3)cc1Oc1cnc2[nH]ccc2c1. The molecule has 346 valence electrons. The zero-order chi connectivity index (χ0) is 45.0. The number of carbonyl (C=O) groups excluding carboxylic acids is 1. The van der Waals surface area contributed by atoms with Gasteiger partial charge in [0.25, 0.3) is 15.9 Å². The van der Waals surface area contributed by atoms with Crippen LogP contribution in [0.2, 0.25) is 0 Å². The predicted octanol–water partition coefficient (Wildman–Crippen LogP) is 6.55. The third kappa shape index (κ3) is 8.56. The Hall–Kier alpha value is -5.79. The van der Waals surface area contributed by atoms with E-state index >= 15 is 0 Å². The van der Waals surface area contributed by atoms with Crippen molar-refractivity contribution in [2.24, 2.45) is 5.41 Å². The average molecular weight is 920 g/mol. The van der Waals surface area contributed by atoms with Crippen LogP contribution in [0, 0.1) is 15.5 Å². The molecule has 3 saturated heterocycles. The lowest BCUT2D eigenvalue weighted by Gasteiger charge is -2.57. The van der Waals surface area contributed by atoms with E-state index in [1.165, 1.54) is 30.2 Å². The zero-order valence-electron chi connectivity index (χ0n) is 36.6. The summed E-state index contributed by atoms with van der Waals surface area (Å²) in [5.41, 5.74) is 4.06. The summed E-state index contributed by atoms with van der Waals surface area (Å²) in [6.45, 7) is 7.10. The fourth-order valence-electron chi connectivity index (χ4n) is 10.7. The van der Waals surface area contributed by atoms with E-state index in [9.17, 15) is 23.3 Å². The van der Waals surface area contributed by atoms with Crippen molar-refractivity contribution < 1.29 is 41.8 Å². The average Bonchev–Trinajstić information content (AvgIpc) is 4.07. The number of benzene rings is 3. The van der Waals surface area contributed by atoms with Crippen LogP contribution in [0.15, 0.2) is 84.0 Å². The van der Waals surface area contributed by atoms with Crippen LogP contribution in [0.4, 0.5) is 11.4 Å². The van der Waals surface area contributed by atoms with E-state index < -0.39 is 37.5 Å². The molecule has 0 bridgehead atoms. The van der Waals surface area contributed by atoms with Crippen molar-refractivity contribution in [3.05, 3.63) is 106 Å². The van der Waals surface area contributed by atoms with Gasteiger partial charge in [0.2, 0.25) is 5.75 Å². The lowest BCUT2D eigenvalue weighted by atomic mass is 9.59. The Bertz CT molecular complexity index is 2760. The van der Waals surface area contributed by atoms with Gasteiger partial charge in [-0.25, -0.2) is 18.1 Å². The molecule has 2 saturated carbocycles. The molecular weight excluding hydrogens is 867 g/mol. The molecule has 6 aliphatic rings. The van der Waals surface area contributed by atoms with Crippen LogP contribution in [-0.2, 0) is 19.5 Å². The number of nitrogens with one attached hydrogen (secondary N) is 2. The minimum atomic E-state index is -4.67. The molecule has 4 aliphatic heterocycles. The number of anilines is 1. The van der Waals surface area contributed by atoms with Crippen LogP contribution in [0.1, 0.15) is 72.0 Å². The van der Waals surface area contributed by atoms with E-state index in [4.69, 9.17) is 23.7 Å². The fraction of sp³-hybridized carbons (Fsp3) is 0.458. The van der Waals surface area contributed by atoms with Gasteiger partial charge in [-0.05, 0) is 85.3 Å². The minimum Gasteiger partial charge on any atom is -0.485 e. The summed E-state index contributed by atoms with van der Waals surface area (Å²) in [6.07, 6.45) is 9.68. The smallest absolute Gasteiger partial charge is 0.316 e. The fourth-order valence-corrected chi connectivity index (χ4v) is 11.7. The van der Waals surface area contributed by atoms with E-state index in [0.717, 1.165) is 81.7 Å². The monoisotopic (exact) mass is 919 g/mol. The van der Waals surface area contributed by atoms with Gasteiger partial charge in [0.15, 0.2) is 5.75 Å². The molecule has 0 unspecified atom stereocenters. The topological polar surface area (TPSA) is 191 Å². The Morgan fingerprint density at radius 3 is 2.52 bits per heavy atom. The number of amides is 1. The largest absolute Gasteiger partial charge is 0.485 e. The number of hydrogen-bond acceptors (Lipinski definition) is 14. The first kappa shape index (κ1) is 42.8. The predicted molar refractivity (Wildman–Crippen MR) is 243 cm³/mol. The maximum absolute atomic E-state index is 14.1. The number of rotatable bonds is 12. The van der Waals surface area contributed by atoms with Gasteiger partial charge in [0.1, 0.15) is 29.9 Å². The second-order valence-electron chi connectivity index (χ2n) is 18.6. The van der Waals surface area contributed by atoms with Crippen LogP contribution in [0.5, 0.6) is 23.0 Å². The van der Waals surface area contributed by atoms with Gasteiger partial charge < -0.3 is 33.6 Å². The van der Waals surface area contributed by atoms with E-state index in [-0.39, 0.29) is 40.9 Å². The standard InChI is InChI=1S/C48H53N7O10S/c56-47(51-66(59,60)37-23-41(55(57)58)45-44(24-37)63-29-36(65-45)28-52-15-18-61-19-16-52)40-8-7-33(22-43(40)64-35-21-32-9-12-49-46(32)50-27-35)53-13-10-48(11-14-53)25-34(26-48)54-17-20-62-30-42(54)39-4-2-1-3-38(39)31-5-6-31/h1-4,7-9,12,21-24,27,31,34,36,42H,5-6,10-11,13-20,25-26,28-30H2,(H,49,50)(H,51,56)/t36-,42+/m0/s1. The molecular formula is C48H53N7O10S. The van der Waals surface area contributed by atoms with Gasteiger partial charge in [0, 0.05) is 80.8 Å². The molecule has 17 nitrogen and oxygen atoms in total. The van der Waals surface area contributed by atoms with E-state index in [2.05, 4.69) is 53.7 Å². The van der Waals surface area contributed by atoms with Crippen molar-refractivity contribution >= 4 is 38.3 Å². The van der Waals surface area contributed by atoms with E-state index in [1.54, 1.807) is 24.4 Å². The third-order valence-corrected chi connectivity index (χ3v) is 15.7. The van der Waals surface area contributed by atoms with Crippen molar-refractivity contribution in [3.63, 3.8) is 0 Å². The Kier molecular flexibility index (Phi) is 11.3. The summed E-state index contributed by atoms with van der Waals surface area (Å²) in [6, 6.07) is 20.5. The molecule has 3 aromatic carbocycles. The highest BCUT2D eigenvalue weighted by Gasteiger charge is 2.50. The van der Waals surface area contributed by atoms with Gasteiger partial charge in [0.05, 0.1) is 54.0 Å². The summed E-state index contributed by atoms with van der Waals surface area (Å²) < 4.78 is 59.7. The van der Waals surface area contributed by atoms with E-state index in [1.807, 2.05) is 12.1 Å². The van der Waals surface area contributed by atoms with Crippen molar-refractivity contribution in [1.82, 2.24) is 24.5 Å². The van der Waals surface area contributed by atoms with Crippen molar-refractivity contribution in [2.75, 3.05) is 77.2 Å². The molecule has 2 N–H and O–H groups in total. The van der Waals surface area contributed by atoms with E-state index in [0.29, 0.717) is 56.2 Å². The molecule has 11 rings (SSSR count). The second kappa shape index (κ2) is 17.5.